The molecular weight excluding hydrogens is 352 g/mol. The van der Waals surface area contributed by atoms with Gasteiger partial charge >= 0.3 is 5.97 Å². The molecule has 3 rings (SSSR count). The van der Waals surface area contributed by atoms with Crippen LogP contribution in [-0.4, -0.2) is 26.9 Å². The van der Waals surface area contributed by atoms with E-state index in [-0.39, 0.29) is 34.8 Å². The topological polar surface area (TPSA) is 78.1 Å². The van der Waals surface area contributed by atoms with Crippen LogP contribution in [0.3, 0.4) is 0 Å². The monoisotopic (exact) mass is 363 g/mol. The molecule has 0 saturated carbocycles. The number of hydrogen-bond donors (Lipinski definition) is 0. The van der Waals surface area contributed by atoms with E-state index in [1.165, 1.54) is 18.3 Å². The minimum Gasteiger partial charge on any atom is -0.452 e. The lowest BCUT2D eigenvalue weighted by Gasteiger charge is -2.06. The first-order valence-electron chi connectivity index (χ1n) is 7.08. The highest BCUT2D eigenvalue weighted by Gasteiger charge is 2.19. The Kier molecular flexibility index (Phi) is 5.34. The Morgan fingerprint density at radius 3 is 2.76 bits per heavy atom. The molecule has 0 N–H and O–H groups in total. The second-order valence-corrected chi connectivity index (χ2v) is 5.67. The second kappa shape index (κ2) is 7.84. The molecule has 0 aliphatic heterocycles. The fraction of sp³-hybridized carbons (Fsp3) is 0.125. The number of alkyl halides is 2. The number of rotatable bonds is 6. The van der Waals surface area contributed by atoms with Crippen molar-refractivity contribution >= 4 is 17.7 Å². The molecule has 0 saturated heterocycles. The molecule has 2 aromatic heterocycles. The molecule has 6 nitrogen and oxygen atoms in total. The van der Waals surface area contributed by atoms with Crippen LogP contribution in [0, 0.1) is 0 Å². The number of benzene rings is 1. The summed E-state index contributed by atoms with van der Waals surface area (Å²) in [6.07, 6.45) is 1.33. The van der Waals surface area contributed by atoms with Crippen molar-refractivity contribution in [1.29, 1.82) is 0 Å². The zero-order valence-electron chi connectivity index (χ0n) is 12.6. The molecule has 0 spiro atoms. The van der Waals surface area contributed by atoms with Crippen LogP contribution in [0.15, 0.2) is 58.2 Å². The number of pyridine rings is 1. The van der Waals surface area contributed by atoms with Gasteiger partial charge in [-0.2, -0.15) is 13.8 Å². The summed E-state index contributed by atoms with van der Waals surface area (Å²) < 4.78 is 35.1. The first-order chi connectivity index (χ1) is 12.1. The fourth-order valence-electron chi connectivity index (χ4n) is 1.95. The highest BCUT2D eigenvalue weighted by molar-refractivity contribution is 7.99. The van der Waals surface area contributed by atoms with Crippen molar-refractivity contribution in [3.05, 3.63) is 60.1 Å². The molecular formula is C16H11F2N3O3S. The second-order valence-electron chi connectivity index (χ2n) is 4.69. The van der Waals surface area contributed by atoms with Gasteiger partial charge in [-0.15, -0.1) is 0 Å². The molecule has 9 heteroatoms. The number of halogens is 2. The Hall–Kier alpha value is -2.81. The van der Waals surface area contributed by atoms with Gasteiger partial charge in [0.1, 0.15) is 5.03 Å². The summed E-state index contributed by atoms with van der Waals surface area (Å²) in [5, 5.41) is 3.70. The van der Waals surface area contributed by atoms with Gasteiger partial charge in [0.25, 0.3) is 11.6 Å². The summed E-state index contributed by atoms with van der Waals surface area (Å²) >= 11 is 0.180. The lowest BCUT2D eigenvalue weighted by atomic mass is 10.2. The Labute approximate surface area is 145 Å². The third-order valence-corrected chi connectivity index (χ3v) is 3.75. The molecule has 1 aromatic carbocycles. The molecule has 3 aromatic rings. The number of carbonyl (C=O) groups is 1. The van der Waals surface area contributed by atoms with E-state index >= 15 is 0 Å². The number of carbonyl (C=O) groups excluding carboxylic acids is 1. The predicted molar refractivity (Wildman–Crippen MR) is 85.0 cm³/mol. The summed E-state index contributed by atoms with van der Waals surface area (Å²) in [5.41, 5.74) is 0.710. The van der Waals surface area contributed by atoms with Crippen LogP contribution in [0.2, 0.25) is 0 Å². The van der Waals surface area contributed by atoms with E-state index in [1.807, 2.05) is 30.3 Å². The third-order valence-electron chi connectivity index (χ3n) is 3.02. The number of hydrogen-bond acceptors (Lipinski definition) is 7. The largest absolute Gasteiger partial charge is 0.452 e. The van der Waals surface area contributed by atoms with Crippen LogP contribution in [0.5, 0.6) is 0 Å². The molecule has 0 amide bonds. The van der Waals surface area contributed by atoms with Crippen molar-refractivity contribution in [2.75, 3.05) is 0 Å². The number of ether oxygens (including phenoxy) is 1. The summed E-state index contributed by atoms with van der Waals surface area (Å²) in [7, 11) is 0. The van der Waals surface area contributed by atoms with E-state index in [1.54, 1.807) is 0 Å². The van der Waals surface area contributed by atoms with Crippen LogP contribution in [0.4, 0.5) is 8.78 Å². The van der Waals surface area contributed by atoms with Crippen molar-refractivity contribution in [3.63, 3.8) is 0 Å². The Morgan fingerprint density at radius 1 is 1.20 bits per heavy atom. The van der Waals surface area contributed by atoms with Gasteiger partial charge in [-0.25, -0.2) is 9.78 Å². The maximum atomic E-state index is 12.5. The van der Waals surface area contributed by atoms with E-state index in [4.69, 9.17) is 9.26 Å². The van der Waals surface area contributed by atoms with Gasteiger partial charge in [-0.05, 0) is 23.9 Å². The fourth-order valence-corrected chi connectivity index (χ4v) is 2.52. The summed E-state index contributed by atoms with van der Waals surface area (Å²) in [6.45, 7) is -0.271. The first kappa shape index (κ1) is 17.0. The molecule has 128 valence electrons. The van der Waals surface area contributed by atoms with Gasteiger partial charge in [-0.3, -0.25) is 0 Å². The standard InChI is InChI=1S/C16H11F2N3O3S/c17-16(18)25-14-11(7-4-8-19-14)15(22)23-9-12-20-13(21-24-12)10-5-2-1-3-6-10/h1-8,16H,9H2. The van der Waals surface area contributed by atoms with Crippen LogP contribution in [0.1, 0.15) is 16.2 Å². The molecule has 0 fully saturated rings. The van der Waals surface area contributed by atoms with E-state index in [0.717, 1.165) is 5.56 Å². The van der Waals surface area contributed by atoms with E-state index in [0.29, 0.717) is 5.82 Å². The van der Waals surface area contributed by atoms with Gasteiger partial charge in [0.2, 0.25) is 5.82 Å². The van der Waals surface area contributed by atoms with Gasteiger partial charge < -0.3 is 9.26 Å². The Morgan fingerprint density at radius 2 is 2.00 bits per heavy atom. The molecule has 0 aliphatic rings. The number of aromatic nitrogens is 3. The van der Waals surface area contributed by atoms with Crippen molar-refractivity contribution in [1.82, 2.24) is 15.1 Å². The average molecular weight is 363 g/mol. The molecule has 25 heavy (non-hydrogen) atoms. The van der Waals surface area contributed by atoms with Gasteiger partial charge in [-0.1, -0.05) is 35.5 Å². The van der Waals surface area contributed by atoms with Gasteiger partial charge in [0, 0.05) is 11.8 Å². The van der Waals surface area contributed by atoms with Gasteiger partial charge in [0.15, 0.2) is 6.61 Å². The predicted octanol–water partition coefficient (Wildman–Crippen LogP) is 3.80. The maximum absolute atomic E-state index is 12.5. The zero-order valence-corrected chi connectivity index (χ0v) is 13.5. The van der Waals surface area contributed by atoms with Crippen molar-refractivity contribution in [2.45, 2.75) is 17.4 Å². The van der Waals surface area contributed by atoms with Crippen molar-refractivity contribution in [3.8, 4) is 11.4 Å². The first-order valence-corrected chi connectivity index (χ1v) is 7.96. The Bertz CT molecular complexity index is 859. The van der Waals surface area contributed by atoms with E-state index in [2.05, 4.69) is 15.1 Å². The summed E-state index contributed by atoms with van der Waals surface area (Å²) in [5.74, 6) is -3.03. The highest BCUT2D eigenvalue weighted by atomic mass is 32.2. The Balaban J connectivity index is 1.66. The summed E-state index contributed by atoms with van der Waals surface area (Å²) in [4.78, 5) is 20.0. The molecule has 0 atom stereocenters. The molecule has 0 bridgehead atoms. The SMILES string of the molecule is O=C(OCc1nc(-c2ccccc2)no1)c1cccnc1SC(F)F. The lowest BCUT2D eigenvalue weighted by Crippen LogP contribution is -2.08. The quantitative estimate of drug-likeness (QED) is 0.487. The van der Waals surface area contributed by atoms with Crippen LogP contribution >= 0.6 is 11.8 Å². The lowest BCUT2D eigenvalue weighted by molar-refractivity contribution is 0.0424. The number of nitrogens with zero attached hydrogens (tertiary/aromatic N) is 3. The minimum atomic E-state index is -2.69. The van der Waals surface area contributed by atoms with Crippen LogP contribution in [0.25, 0.3) is 11.4 Å². The number of thioether (sulfide) groups is 1. The smallest absolute Gasteiger partial charge is 0.341 e. The normalized spacial score (nSPS) is 10.8. The molecule has 0 aliphatic carbocycles. The minimum absolute atomic E-state index is 0.0457. The van der Waals surface area contributed by atoms with Crippen LogP contribution in [-0.2, 0) is 11.3 Å². The van der Waals surface area contributed by atoms with E-state index in [9.17, 15) is 13.6 Å². The molecule has 0 unspecified atom stereocenters. The third kappa shape index (κ3) is 4.38. The summed E-state index contributed by atoms with van der Waals surface area (Å²) in [6, 6.07) is 12.0. The van der Waals surface area contributed by atoms with E-state index < -0.39 is 11.7 Å². The average Bonchev–Trinajstić information content (AvgIpc) is 3.09. The van der Waals surface area contributed by atoms with Gasteiger partial charge in [0.05, 0.1) is 5.56 Å². The maximum Gasteiger partial charge on any atom is 0.341 e. The highest BCUT2D eigenvalue weighted by Crippen LogP contribution is 2.26. The molecule has 2 heterocycles. The zero-order chi connectivity index (χ0) is 17.6. The molecule has 0 radical (unpaired) electrons. The van der Waals surface area contributed by atoms with Crippen LogP contribution < -0.4 is 0 Å². The van der Waals surface area contributed by atoms with Crippen molar-refractivity contribution in [2.24, 2.45) is 0 Å². The number of esters is 1. The van der Waals surface area contributed by atoms with Crippen molar-refractivity contribution < 1.29 is 22.8 Å².